The molecule has 0 atom stereocenters. The minimum absolute atomic E-state index is 0.210. The molecule has 0 aliphatic rings. The smallest absolute Gasteiger partial charge is 0.189 e. The van der Waals surface area contributed by atoms with Gasteiger partial charge in [-0.3, -0.25) is 4.98 Å². The Balaban J connectivity index is 1.71. The van der Waals surface area contributed by atoms with E-state index in [1.165, 1.54) is 0 Å². The summed E-state index contributed by atoms with van der Waals surface area (Å²) in [6.45, 7) is 2.29. The van der Waals surface area contributed by atoms with Gasteiger partial charge in [-0.2, -0.15) is 0 Å². The van der Waals surface area contributed by atoms with E-state index in [0.717, 1.165) is 17.0 Å². The number of pyridine rings is 1. The van der Waals surface area contributed by atoms with Gasteiger partial charge in [0.15, 0.2) is 6.79 Å². The van der Waals surface area contributed by atoms with Gasteiger partial charge in [0.05, 0.1) is 32.1 Å². The molecule has 0 N–H and O–H groups in total. The van der Waals surface area contributed by atoms with Crippen LogP contribution in [0.4, 0.5) is 0 Å². The van der Waals surface area contributed by atoms with Gasteiger partial charge in [-0.15, -0.1) is 0 Å². The molecule has 2 rings (SSSR count). The van der Waals surface area contributed by atoms with E-state index in [9.17, 15) is 0 Å². The van der Waals surface area contributed by atoms with E-state index in [1.807, 2.05) is 42.5 Å². The zero-order chi connectivity index (χ0) is 15.5. The number of ether oxygens (including phenoxy) is 4. The first-order valence-electron chi connectivity index (χ1n) is 7.14. The quantitative estimate of drug-likeness (QED) is 0.499. The molecular weight excluding hydrogens is 282 g/mol. The fraction of sp³-hybridized carbons (Fsp3) is 0.353. The average molecular weight is 303 g/mol. The number of hydrogen-bond donors (Lipinski definition) is 0. The molecule has 0 aliphatic carbocycles. The second-order valence-corrected chi connectivity index (χ2v) is 4.62. The molecule has 5 nitrogen and oxygen atoms in total. The van der Waals surface area contributed by atoms with Crippen LogP contribution in [0.5, 0.6) is 5.75 Å². The highest BCUT2D eigenvalue weighted by molar-refractivity contribution is 5.28. The summed E-state index contributed by atoms with van der Waals surface area (Å²) >= 11 is 0. The van der Waals surface area contributed by atoms with Gasteiger partial charge in [-0.05, 0) is 29.8 Å². The molecule has 5 heteroatoms. The van der Waals surface area contributed by atoms with Crippen molar-refractivity contribution in [2.75, 3.05) is 27.1 Å². The lowest BCUT2D eigenvalue weighted by Crippen LogP contribution is -2.07. The Kier molecular flexibility index (Phi) is 7.38. The summed E-state index contributed by atoms with van der Waals surface area (Å²) in [6, 6.07) is 13.5. The summed E-state index contributed by atoms with van der Waals surface area (Å²) in [5.41, 5.74) is 1.96. The van der Waals surface area contributed by atoms with Crippen molar-refractivity contribution in [3.8, 4) is 5.75 Å². The second kappa shape index (κ2) is 9.89. The van der Waals surface area contributed by atoms with Crippen LogP contribution in [0, 0.1) is 0 Å². The van der Waals surface area contributed by atoms with Crippen LogP contribution in [0.15, 0.2) is 48.7 Å². The monoisotopic (exact) mass is 303 g/mol. The van der Waals surface area contributed by atoms with E-state index in [2.05, 4.69) is 4.98 Å². The first kappa shape index (κ1) is 16.4. The lowest BCUT2D eigenvalue weighted by Gasteiger charge is -2.09. The fourth-order valence-electron chi connectivity index (χ4n) is 1.79. The Labute approximate surface area is 130 Å². The van der Waals surface area contributed by atoms with Crippen LogP contribution in [0.2, 0.25) is 0 Å². The molecule has 0 amide bonds. The third-order valence-corrected chi connectivity index (χ3v) is 2.88. The van der Waals surface area contributed by atoms with Crippen LogP contribution in [-0.2, 0) is 27.4 Å². The summed E-state index contributed by atoms with van der Waals surface area (Å²) in [5.74, 6) is 0.761. The highest BCUT2D eigenvalue weighted by Crippen LogP contribution is 2.14. The number of rotatable bonds is 10. The summed E-state index contributed by atoms with van der Waals surface area (Å²) in [7, 11) is 1.64. The maximum Gasteiger partial charge on any atom is 0.189 e. The zero-order valence-electron chi connectivity index (χ0n) is 12.7. The molecule has 0 unspecified atom stereocenters. The lowest BCUT2D eigenvalue weighted by molar-refractivity contribution is -0.00857. The largest absolute Gasteiger partial charge is 0.468 e. The van der Waals surface area contributed by atoms with Gasteiger partial charge < -0.3 is 18.9 Å². The highest BCUT2D eigenvalue weighted by atomic mass is 16.7. The van der Waals surface area contributed by atoms with E-state index in [0.29, 0.717) is 26.4 Å². The molecule has 1 aromatic carbocycles. The van der Waals surface area contributed by atoms with Crippen molar-refractivity contribution in [2.45, 2.75) is 13.2 Å². The topological polar surface area (TPSA) is 49.8 Å². The zero-order valence-corrected chi connectivity index (χ0v) is 12.7. The van der Waals surface area contributed by atoms with Gasteiger partial charge in [-0.1, -0.05) is 18.2 Å². The Hall–Kier alpha value is -1.95. The molecule has 0 bridgehead atoms. The molecule has 2 aromatic rings. The molecule has 0 fully saturated rings. The summed E-state index contributed by atoms with van der Waals surface area (Å²) in [5, 5.41) is 0. The molecule has 0 aliphatic heterocycles. The van der Waals surface area contributed by atoms with Crippen LogP contribution in [-0.4, -0.2) is 32.1 Å². The predicted octanol–water partition coefficient (Wildman–Crippen LogP) is 2.80. The Morgan fingerprint density at radius 2 is 1.91 bits per heavy atom. The van der Waals surface area contributed by atoms with Gasteiger partial charge in [0.25, 0.3) is 0 Å². The van der Waals surface area contributed by atoms with Crippen molar-refractivity contribution < 1.29 is 18.9 Å². The Morgan fingerprint density at radius 1 is 0.955 bits per heavy atom. The lowest BCUT2D eigenvalue weighted by atomic mass is 10.2. The van der Waals surface area contributed by atoms with Crippen LogP contribution >= 0.6 is 0 Å². The maximum absolute atomic E-state index is 5.65. The second-order valence-electron chi connectivity index (χ2n) is 4.62. The van der Waals surface area contributed by atoms with Crippen molar-refractivity contribution in [2.24, 2.45) is 0 Å². The minimum Gasteiger partial charge on any atom is -0.468 e. The Bertz CT molecular complexity index is 533. The number of methoxy groups -OCH3 is 1. The van der Waals surface area contributed by atoms with Crippen LogP contribution in [0.25, 0.3) is 0 Å². The van der Waals surface area contributed by atoms with Crippen LogP contribution in [0.3, 0.4) is 0 Å². The minimum atomic E-state index is 0.210. The van der Waals surface area contributed by atoms with Gasteiger partial charge in [-0.25, -0.2) is 0 Å². The molecule has 0 saturated carbocycles. The predicted molar refractivity (Wildman–Crippen MR) is 82.5 cm³/mol. The fourth-order valence-corrected chi connectivity index (χ4v) is 1.79. The van der Waals surface area contributed by atoms with E-state index in [1.54, 1.807) is 13.3 Å². The molecule has 0 spiro atoms. The van der Waals surface area contributed by atoms with Gasteiger partial charge in [0.2, 0.25) is 0 Å². The summed E-state index contributed by atoms with van der Waals surface area (Å²) in [6.07, 6.45) is 1.76. The highest BCUT2D eigenvalue weighted by Gasteiger charge is 1.99. The standard InChI is InChI=1S/C17H21NO4/c1-19-9-10-20-14-22-17-7-4-5-15(11-17)12-21-13-16-6-2-3-8-18-16/h2-8,11H,9-10,12-14H2,1H3. The molecular formula is C17H21NO4. The van der Waals surface area contributed by atoms with Crippen molar-refractivity contribution in [1.82, 2.24) is 4.98 Å². The molecule has 0 radical (unpaired) electrons. The molecule has 1 aromatic heterocycles. The molecule has 0 saturated heterocycles. The number of aromatic nitrogens is 1. The summed E-state index contributed by atoms with van der Waals surface area (Å²) < 4.78 is 21.3. The molecule has 22 heavy (non-hydrogen) atoms. The van der Waals surface area contributed by atoms with E-state index >= 15 is 0 Å². The number of benzene rings is 1. The third kappa shape index (κ3) is 6.22. The number of nitrogens with zero attached hydrogens (tertiary/aromatic N) is 1. The van der Waals surface area contributed by atoms with E-state index in [-0.39, 0.29) is 6.79 Å². The van der Waals surface area contributed by atoms with Crippen molar-refractivity contribution in [1.29, 1.82) is 0 Å². The third-order valence-electron chi connectivity index (χ3n) is 2.88. The SMILES string of the molecule is COCCOCOc1cccc(COCc2ccccn2)c1. The molecule has 1 heterocycles. The van der Waals surface area contributed by atoms with Crippen LogP contribution in [0.1, 0.15) is 11.3 Å². The van der Waals surface area contributed by atoms with Crippen molar-refractivity contribution in [3.05, 3.63) is 59.9 Å². The van der Waals surface area contributed by atoms with Crippen LogP contribution < -0.4 is 4.74 Å². The van der Waals surface area contributed by atoms with Crippen molar-refractivity contribution >= 4 is 0 Å². The van der Waals surface area contributed by atoms with E-state index < -0.39 is 0 Å². The number of hydrogen-bond acceptors (Lipinski definition) is 5. The average Bonchev–Trinajstić information content (AvgIpc) is 2.56. The van der Waals surface area contributed by atoms with E-state index in [4.69, 9.17) is 18.9 Å². The van der Waals surface area contributed by atoms with Gasteiger partial charge in [0, 0.05) is 13.3 Å². The normalized spacial score (nSPS) is 10.6. The van der Waals surface area contributed by atoms with Gasteiger partial charge in [0.1, 0.15) is 5.75 Å². The summed E-state index contributed by atoms with van der Waals surface area (Å²) in [4.78, 5) is 4.22. The molecule has 118 valence electrons. The first-order valence-corrected chi connectivity index (χ1v) is 7.14. The van der Waals surface area contributed by atoms with Crippen molar-refractivity contribution in [3.63, 3.8) is 0 Å². The first-order chi connectivity index (χ1) is 10.9. The Morgan fingerprint density at radius 3 is 2.73 bits per heavy atom. The van der Waals surface area contributed by atoms with Gasteiger partial charge >= 0.3 is 0 Å². The maximum atomic E-state index is 5.65.